The van der Waals surface area contributed by atoms with Gasteiger partial charge < -0.3 is 10.5 Å². The van der Waals surface area contributed by atoms with E-state index in [0.29, 0.717) is 5.75 Å². The van der Waals surface area contributed by atoms with Gasteiger partial charge in [-0.25, -0.2) is 13.1 Å². The Morgan fingerprint density at radius 1 is 1.19 bits per heavy atom. The molecule has 1 aromatic rings. The minimum absolute atomic E-state index is 0.146. The molecule has 5 nitrogen and oxygen atoms in total. The minimum Gasteiger partial charge on any atom is -0.495 e. The zero-order chi connectivity index (χ0) is 16.1. The lowest BCUT2D eigenvalue weighted by Crippen LogP contribution is -2.47. The number of ether oxygens (including phenoxy) is 1. The number of hydrogen-bond donors (Lipinski definition) is 2. The number of methoxy groups -OCH3 is 1. The average molecular weight is 314 g/mol. The largest absolute Gasteiger partial charge is 0.495 e. The van der Waals surface area contributed by atoms with E-state index in [2.05, 4.69) is 4.72 Å². The van der Waals surface area contributed by atoms with Crippen LogP contribution in [0.1, 0.15) is 45.6 Å². The Labute approximate surface area is 127 Å². The van der Waals surface area contributed by atoms with Crippen LogP contribution < -0.4 is 15.2 Å². The number of nitrogens with two attached hydrogens (primary N) is 1. The highest BCUT2D eigenvalue weighted by Gasteiger charge is 2.32. The van der Waals surface area contributed by atoms with Crippen molar-refractivity contribution in [2.75, 3.05) is 7.11 Å². The maximum Gasteiger partial charge on any atom is 0.244 e. The first-order valence-corrected chi connectivity index (χ1v) is 8.77. The van der Waals surface area contributed by atoms with Gasteiger partial charge in [0.1, 0.15) is 10.6 Å². The van der Waals surface area contributed by atoms with Gasteiger partial charge in [0.25, 0.3) is 0 Å². The van der Waals surface area contributed by atoms with Gasteiger partial charge in [0.05, 0.1) is 7.11 Å². The number of sulfonamides is 1. The molecule has 0 fully saturated rings. The molecule has 0 saturated carbocycles. The van der Waals surface area contributed by atoms with Crippen LogP contribution in [0.15, 0.2) is 23.1 Å². The van der Waals surface area contributed by atoms with Crippen molar-refractivity contribution < 1.29 is 13.2 Å². The maximum absolute atomic E-state index is 12.7. The first-order chi connectivity index (χ1) is 9.87. The average Bonchev–Trinajstić information content (AvgIpc) is 2.52. The Morgan fingerprint density at radius 3 is 2.19 bits per heavy atom. The first kappa shape index (κ1) is 17.9. The van der Waals surface area contributed by atoms with Gasteiger partial charge in [-0.1, -0.05) is 26.8 Å². The third-order valence-electron chi connectivity index (χ3n) is 4.13. The van der Waals surface area contributed by atoms with Crippen molar-refractivity contribution in [2.24, 2.45) is 5.73 Å². The molecule has 0 aliphatic rings. The summed E-state index contributed by atoms with van der Waals surface area (Å²) in [4.78, 5) is 0.146. The van der Waals surface area contributed by atoms with E-state index in [-0.39, 0.29) is 11.4 Å². The molecule has 0 unspecified atom stereocenters. The van der Waals surface area contributed by atoms with Crippen molar-refractivity contribution in [1.82, 2.24) is 4.72 Å². The predicted molar refractivity (Wildman–Crippen MR) is 84.8 cm³/mol. The van der Waals surface area contributed by atoms with E-state index >= 15 is 0 Å². The molecule has 0 saturated heterocycles. The Morgan fingerprint density at radius 2 is 1.76 bits per heavy atom. The molecule has 0 spiro atoms. The fourth-order valence-electron chi connectivity index (χ4n) is 2.36. The first-order valence-electron chi connectivity index (χ1n) is 7.29. The van der Waals surface area contributed by atoms with Crippen LogP contribution in [0, 0.1) is 0 Å². The van der Waals surface area contributed by atoms with Crippen LogP contribution >= 0.6 is 0 Å². The van der Waals surface area contributed by atoms with E-state index in [9.17, 15) is 8.42 Å². The second-order valence-corrected chi connectivity index (χ2v) is 6.79. The van der Waals surface area contributed by atoms with Crippen LogP contribution in [0.25, 0.3) is 0 Å². The number of benzene rings is 1. The molecular weight excluding hydrogens is 288 g/mol. The van der Waals surface area contributed by atoms with E-state index in [4.69, 9.17) is 10.5 Å². The van der Waals surface area contributed by atoms with Gasteiger partial charge in [-0.3, -0.25) is 0 Å². The van der Waals surface area contributed by atoms with Crippen LogP contribution in [0.3, 0.4) is 0 Å². The van der Waals surface area contributed by atoms with Crippen LogP contribution in [-0.2, 0) is 16.6 Å². The Balaban J connectivity index is 3.30. The molecule has 0 aliphatic carbocycles. The summed E-state index contributed by atoms with van der Waals surface area (Å²) < 4.78 is 33.5. The third-order valence-corrected chi connectivity index (χ3v) is 5.73. The normalized spacial score (nSPS) is 12.4. The number of hydrogen-bond acceptors (Lipinski definition) is 4. The summed E-state index contributed by atoms with van der Waals surface area (Å²) in [6.45, 7) is 6.25. The molecule has 1 rings (SSSR count). The van der Waals surface area contributed by atoms with Gasteiger partial charge in [-0.05, 0) is 37.0 Å². The highest BCUT2D eigenvalue weighted by atomic mass is 32.2. The highest BCUT2D eigenvalue weighted by Crippen LogP contribution is 2.28. The summed E-state index contributed by atoms with van der Waals surface area (Å²) >= 11 is 0. The summed E-state index contributed by atoms with van der Waals surface area (Å²) in [5, 5.41) is 0. The molecule has 3 N–H and O–H groups in total. The topological polar surface area (TPSA) is 81.4 Å². The third kappa shape index (κ3) is 3.96. The smallest absolute Gasteiger partial charge is 0.244 e. The monoisotopic (exact) mass is 314 g/mol. The van der Waals surface area contributed by atoms with Crippen LogP contribution in [0.2, 0.25) is 0 Å². The van der Waals surface area contributed by atoms with E-state index < -0.39 is 15.6 Å². The molecule has 0 bridgehead atoms. The van der Waals surface area contributed by atoms with Crippen LogP contribution in [-0.4, -0.2) is 21.1 Å². The lowest BCUT2D eigenvalue weighted by molar-refractivity contribution is 0.340. The lowest BCUT2D eigenvalue weighted by Gasteiger charge is -2.31. The van der Waals surface area contributed by atoms with Crippen molar-refractivity contribution in [3.63, 3.8) is 0 Å². The van der Waals surface area contributed by atoms with Crippen molar-refractivity contribution in [1.29, 1.82) is 0 Å². The molecule has 0 aliphatic heterocycles. The zero-order valence-electron chi connectivity index (χ0n) is 13.3. The zero-order valence-corrected chi connectivity index (χ0v) is 14.1. The van der Waals surface area contributed by atoms with Gasteiger partial charge in [0.15, 0.2) is 0 Å². The van der Waals surface area contributed by atoms with Gasteiger partial charge in [0, 0.05) is 12.1 Å². The maximum atomic E-state index is 12.7. The van der Waals surface area contributed by atoms with Gasteiger partial charge in [-0.2, -0.15) is 0 Å². The summed E-state index contributed by atoms with van der Waals surface area (Å²) in [5.74, 6) is 0.330. The van der Waals surface area contributed by atoms with Crippen LogP contribution in [0.5, 0.6) is 5.75 Å². The SMILES string of the molecule is CCC(CC)(CC)NS(=O)(=O)c1cc(CN)ccc1OC. The molecule has 6 heteroatoms. The Bertz CT molecular complexity index is 558. The predicted octanol–water partition coefficient (Wildman–Crippen LogP) is 2.40. The Kier molecular flexibility index (Phi) is 6.19. The molecular formula is C15H26N2O3S. The van der Waals surface area contributed by atoms with Crippen molar-refractivity contribution >= 4 is 10.0 Å². The molecule has 1 aromatic carbocycles. The molecule has 0 radical (unpaired) electrons. The van der Waals surface area contributed by atoms with E-state index in [1.807, 2.05) is 20.8 Å². The molecule has 0 aromatic heterocycles. The number of nitrogens with one attached hydrogen (secondary N) is 1. The van der Waals surface area contributed by atoms with E-state index in [1.54, 1.807) is 18.2 Å². The summed E-state index contributed by atoms with van der Waals surface area (Å²) in [6.07, 6.45) is 2.20. The van der Waals surface area contributed by atoms with Gasteiger partial charge in [0.2, 0.25) is 10.0 Å². The fourth-order valence-corrected chi connectivity index (χ4v) is 4.20. The molecule has 0 heterocycles. The molecule has 0 amide bonds. The van der Waals surface area contributed by atoms with Crippen molar-refractivity contribution in [3.8, 4) is 5.75 Å². The molecule has 0 atom stereocenters. The van der Waals surface area contributed by atoms with Crippen molar-refractivity contribution in [2.45, 2.75) is 57.0 Å². The highest BCUT2D eigenvalue weighted by molar-refractivity contribution is 7.89. The van der Waals surface area contributed by atoms with Gasteiger partial charge >= 0.3 is 0 Å². The van der Waals surface area contributed by atoms with Gasteiger partial charge in [-0.15, -0.1) is 0 Å². The standard InChI is InChI=1S/C15H26N2O3S/c1-5-15(6-2,7-3)17-21(18,19)14-10-12(11-16)8-9-13(14)20-4/h8-10,17H,5-7,11,16H2,1-4H3. The quantitative estimate of drug-likeness (QED) is 0.772. The van der Waals surface area contributed by atoms with E-state index in [0.717, 1.165) is 24.8 Å². The number of rotatable bonds is 8. The molecule has 120 valence electrons. The van der Waals surface area contributed by atoms with E-state index in [1.165, 1.54) is 7.11 Å². The lowest BCUT2D eigenvalue weighted by atomic mass is 9.91. The van der Waals surface area contributed by atoms with Crippen molar-refractivity contribution in [3.05, 3.63) is 23.8 Å². The Hall–Kier alpha value is -1.11. The second kappa shape index (κ2) is 7.24. The summed E-state index contributed by atoms with van der Waals surface area (Å²) in [7, 11) is -2.20. The molecule has 21 heavy (non-hydrogen) atoms. The second-order valence-electron chi connectivity index (χ2n) is 5.14. The minimum atomic E-state index is -3.66. The van der Waals surface area contributed by atoms with Crippen LogP contribution in [0.4, 0.5) is 0 Å². The fraction of sp³-hybridized carbons (Fsp3) is 0.600. The summed E-state index contributed by atoms with van der Waals surface area (Å²) in [5.41, 5.74) is 5.93. The summed E-state index contributed by atoms with van der Waals surface area (Å²) in [6, 6.07) is 4.99.